The topological polar surface area (TPSA) is 12.5 Å². The number of hydrogen-bond donors (Lipinski definition) is 0. The highest BCUT2D eigenvalue weighted by Gasteiger charge is 2.35. The van der Waals surface area contributed by atoms with Crippen LogP contribution in [0.25, 0.3) is 5.57 Å². The molecule has 2 nitrogen and oxygen atoms in total. The Labute approximate surface area is 144 Å². The molecule has 2 unspecified atom stereocenters. The molecule has 2 aromatic rings. The van der Waals surface area contributed by atoms with E-state index in [1.807, 2.05) is 0 Å². The molecule has 0 amide bonds. The number of nitrogens with zero attached hydrogens (tertiary/aromatic N) is 1. The zero-order chi connectivity index (χ0) is 16.5. The van der Waals surface area contributed by atoms with E-state index in [0.717, 1.165) is 26.2 Å². The van der Waals surface area contributed by atoms with Gasteiger partial charge in [-0.05, 0) is 42.5 Å². The summed E-state index contributed by atoms with van der Waals surface area (Å²) in [6.45, 7) is 7.04. The maximum atomic E-state index is 5.85. The molecule has 1 saturated heterocycles. The van der Waals surface area contributed by atoms with Crippen LogP contribution in [0.1, 0.15) is 28.7 Å². The van der Waals surface area contributed by atoms with Gasteiger partial charge in [-0.2, -0.15) is 0 Å². The van der Waals surface area contributed by atoms with Gasteiger partial charge in [0.05, 0.1) is 19.3 Å². The van der Waals surface area contributed by atoms with Crippen molar-refractivity contribution in [3.8, 4) is 0 Å². The third-order valence-electron chi connectivity index (χ3n) is 5.28. The van der Waals surface area contributed by atoms with Gasteiger partial charge in [-0.3, -0.25) is 4.90 Å². The fourth-order valence-electron chi connectivity index (χ4n) is 4.08. The Morgan fingerprint density at radius 3 is 2.62 bits per heavy atom. The highest BCUT2D eigenvalue weighted by atomic mass is 16.5. The second-order valence-electron chi connectivity index (χ2n) is 7.13. The van der Waals surface area contributed by atoms with Crippen molar-refractivity contribution in [3.63, 3.8) is 0 Å². The molecule has 2 bridgehead atoms. The summed E-state index contributed by atoms with van der Waals surface area (Å²) in [6, 6.07) is 18.5. The molecule has 2 aliphatic heterocycles. The predicted molar refractivity (Wildman–Crippen MR) is 98.9 cm³/mol. The third-order valence-corrected chi connectivity index (χ3v) is 5.28. The van der Waals surface area contributed by atoms with Gasteiger partial charge in [0.2, 0.25) is 0 Å². The van der Waals surface area contributed by atoms with Crippen LogP contribution in [0.5, 0.6) is 0 Å². The number of rotatable bonds is 3. The Morgan fingerprint density at radius 2 is 1.88 bits per heavy atom. The van der Waals surface area contributed by atoms with Crippen molar-refractivity contribution in [1.29, 1.82) is 0 Å². The molecule has 0 aliphatic carbocycles. The zero-order valence-corrected chi connectivity index (χ0v) is 14.5. The second kappa shape index (κ2) is 6.54. The van der Waals surface area contributed by atoms with Crippen molar-refractivity contribution < 1.29 is 4.74 Å². The van der Waals surface area contributed by atoms with Crippen molar-refractivity contribution >= 4 is 5.57 Å². The summed E-state index contributed by atoms with van der Waals surface area (Å²) in [6.07, 6.45) is 3.52. The van der Waals surface area contributed by atoms with Crippen LogP contribution in [0.2, 0.25) is 0 Å². The summed E-state index contributed by atoms with van der Waals surface area (Å²) in [7, 11) is 0. The summed E-state index contributed by atoms with van der Waals surface area (Å²) in [4.78, 5) is 2.62. The highest BCUT2D eigenvalue weighted by molar-refractivity contribution is 5.70. The van der Waals surface area contributed by atoms with Gasteiger partial charge in [-0.1, -0.05) is 60.2 Å². The van der Waals surface area contributed by atoms with E-state index >= 15 is 0 Å². The average molecular weight is 319 g/mol. The SMILES string of the molecule is Cc1ccc(C2=CC3COCC(C2)N3Cc2ccccc2)c(C)c1. The monoisotopic (exact) mass is 319 g/mol. The molecule has 124 valence electrons. The van der Waals surface area contributed by atoms with E-state index in [-0.39, 0.29) is 0 Å². The van der Waals surface area contributed by atoms with Crippen molar-refractivity contribution in [3.05, 3.63) is 76.9 Å². The molecule has 0 saturated carbocycles. The van der Waals surface area contributed by atoms with Crippen molar-refractivity contribution in [2.45, 2.75) is 38.9 Å². The molecule has 1 fully saturated rings. The van der Waals surface area contributed by atoms with Gasteiger partial charge >= 0.3 is 0 Å². The molecule has 0 aromatic heterocycles. The van der Waals surface area contributed by atoms with Crippen LogP contribution < -0.4 is 0 Å². The van der Waals surface area contributed by atoms with Crippen LogP contribution in [0, 0.1) is 13.8 Å². The van der Waals surface area contributed by atoms with Crippen LogP contribution >= 0.6 is 0 Å². The van der Waals surface area contributed by atoms with Gasteiger partial charge in [-0.15, -0.1) is 0 Å². The maximum Gasteiger partial charge on any atom is 0.0658 e. The minimum Gasteiger partial charge on any atom is -0.378 e. The Hall–Kier alpha value is -1.90. The fourth-order valence-corrected chi connectivity index (χ4v) is 4.08. The molecule has 0 radical (unpaired) electrons. The largest absolute Gasteiger partial charge is 0.378 e. The number of morpholine rings is 1. The van der Waals surface area contributed by atoms with E-state index in [1.54, 1.807) is 0 Å². The van der Waals surface area contributed by atoms with E-state index in [9.17, 15) is 0 Å². The van der Waals surface area contributed by atoms with Crippen LogP contribution in [-0.4, -0.2) is 30.2 Å². The van der Waals surface area contributed by atoms with E-state index in [2.05, 4.69) is 73.4 Å². The summed E-state index contributed by atoms with van der Waals surface area (Å²) in [5, 5.41) is 0. The van der Waals surface area contributed by atoms with Crippen molar-refractivity contribution in [1.82, 2.24) is 4.90 Å². The lowest BCUT2D eigenvalue weighted by molar-refractivity contribution is -0.0402. The Morgan fingerprint density at radius 1 is 1.04 bits per heavy atom. The summed E-state index contributed by atoms with van der Waals surface area (Å²) < 4.78 is 5.85. The highest BCUT2D eigenvalue weighted by Crippen LogP contribution is 2.34. The number of fused-ring (bicyclic) bond motifs is 2. The van der Waals surface area contributed by atoms with E-state index in [1.165, 1.54) is 27.8 Å². The molecule has 2 aliphatic rings. The van der Waals surface area contributed by atoms with Gasteiger partial charge in [0, 0.05) is 12.6 Å². The first-order valence-corrected chi connectivity index (χ1v) is 8.86. The molecule has 4 rings (SSSR count). The number of aryl methyl sites for hydroxylation is 2. The molecule has 0 N–H and O–H groups in total. The molecule has 2 heteroatoms. The normalized spacial score (nSPS) is 23.8. The first kappa shape index (κ1) is 15.6. The lowest BCUT2D eigenvalue weighted by Crippen LogP contribution is -2.53. The van der Waals surface area contributed by atoms with Gasteiger partial charge < -0.3 is 4.74 Å². The molecular weight excluding hydrogens is 294 g/mol. The Kier molecular flexibility index (Phi) is 4.26. The molecule has 2 atom stereocenters. The Balaban J connectivity index is 1.62. The average Bonchev–Trinajstić information content (AvgIpc) is 2.56. The van der Waals surface area contributed by atoms with Crippen LogP contribution in [0.3, 0.4) is 0 Å². The van der Waals surface area contributed by atoms with Crippen molar-refractivity contribution in [2.75, 3.05) is 13.2 Å². The van der Waals surface area contributed by atoms with Gasteiger partial charge in [0.15, 0.2) is 0 Å². The summed E-state index contributed by atoms with van der Waals surface area (Å²) in [5.41, 5.74) is 7.02. The van der Waals surface area contributed by atoms with Crippen LogP contribution in [-0.2, 0) is 11.3 Å². The number of benzene rings is 2. The van der Waals surface area contributed by atoms with Gasteiger partial charge in [-0.25, -0.2) is 0 Å². The van der Waals surface area contributed by atoms with Gasteiger partial charge in [0.25, 0.3) is 0 Å². The van der Waals surface area contributed by atoms with E-state index < -0.39 is 0 Å². The van der Waals surface area contributed by atoms with Crippen molar-refractivity contribution in [2.24, 2.45) is 0 Å². The molecule has 2 heterocycles. The first-order valence-electron chi connectivity index (χ1n) is 8.86. The zero-order valence-electron chi connectivity index (χ0n) is 14.5. The fraction of sp³-hybridized carbons (Fsp3) is 0.364. The Bertz CT molecular complexity index is 750. The second-order valence-corrected chi connectivity index (χ2v) is 7.13. The predicted octanol–water partition coefficient (Wildman–Crippen LogP) is 4.36. The standard InChI is InChI=1S/C22H25NO/c1-16-8-9-22(17(2)10-16)19-11-20-14-24-15-21(12-19)23(20)13-18-6-4-3-5-7-18/h3-11,20-21H,12-15H2,1-2H3. The van der Waals surface area contributed by atoms with Crippen LogP contribution in [0.15, 0.2) is 54.6 Å². The minimum absolute atomic E-state index is 0.383. The van der Waals surface area contributed by atoms with Gasteiger partial charge in [0.1, 0.15) is 0 Å². The lowest BCUT2D eigenvalue weighted by atomic mass is 9.87. The quantitative estimate of drug-likeness (QED) is 0.833. The summed E-state index contributed by atoms with van der Waals surface area (Å²) in [5.74, 6) is 0. The number of ether oxygens (including phenoxy) is 1. The molecule has 24 heavy (non-hydrogen) atoms. The third kappa shape index (κ3) is 3.04. The maximum absolute atomic E-state index is 5.85. The smallest absolute Gasteiger partial charge is 0.0658 e. The molecular formula is C22H25NO. The minimum atomic E-state index is 0.383. The van der Waals surface area contributed by atoms with Crippen LogP contribution in [0.4, 0.5) is 0 Å². The number of hydrogen-bond acceptors (Lipinski definition) is 2. The summed E-state index contributed by atoms with van der Waals surface area (Å²) >= 11 is 0. The lowest BCUT2D eigenvalue weighted by Gasteiger charge is -2.45. The van der Waals surface area contributed by atoms with E-state index in [0.29, 0.717) is 12.1 Å². The van der Waals surface area contributed by atoms with E-state index in [4.69, 9.17) is 4.74 Å². The molecule has 0 spiro atoms. The molecule has 2 aromatic carbocycles. The first-order chi connectivity index (χ1) is 11.7.